The van der Waals surface area contributed by atoms with Crippen molar-refractivity contribution >= 4 is 17.0 Å². The van der Waals surface area contributed by atoms with Gasteiger partial charge < -0.3 is 0 Å². The smallest absolute Gasteiger partial charge is 0.262 e. The Bertz CT molecular complexity index is 1820. The molecule has 8 rings (SSSR count). The fraction of sp³-hybridized carbons (Fsp3) is 0.0833. The van der Waals surface area contributed by atoms with Gasteiger partial charge in [-0.25, -0.2) is 15.0 Å². The summed E-state index contributed by atoms with van der Waals surface area (Å²) < 4.78 is 2.28. The van der Waals surface area contributed by atoms with Gasteiger partial charge in [0.1, 0.15) is 5.82 Å². The maximum absolute atomic E-state index is 5.57. The van der Waals surface area contributed by atoms with Crippen LogP contribution in [0, 0.1) is 0 Å². The normalized spacial score (nSPS) is 16.4. The molecular formula is C36H26N4. The largest absolute Gasteiger partial charge is 0.275 e. The molecule has 4 aromatic carbocycles. The van der Waals surface area contributed by atoms with Crippen molar-refractivity contribution in [2.45, 2.75) is 18.6 Å². The topological polar surface area (TPSA) is 42.5 Å². The zero-order valence-electron chi connectivity index (χ0n) is 21.9. The fourth-order valence-electron chi connectivity index (χ4n) is 6.11. The third-order valence-electron chi connectivity index (χ3n) is 7.89. The molecule has 4 nitrogen and oxygen atoms in total. The minimum Gasteiger partial charge on any atom is -0.275 e. The lowest BCUT2D eigenvalue weighted by Crippen LogP contribution is -2.27. The minimum absolute atomic E-state index is 0.889. The van der Waals surface area contributed by atoms with Crippen molar-refractivity contribution in [3.63, 3.8) is 0 Å². The molecule has 0 saturated carbocycles. The van der Waals surface area contributed by atoms with Crippen molar-refractivity contribution in [1.29, 1.82) is 0 Å². The zero-order chi connectivity index (χ0) is 26.5. The lowest BCUT2D eigenvalue weighted by atomic mass is 9.99. The van der Waals surface area contributed by atoms with Gasteiger partial charge in [0.15, 0.2) is 0 Å². The molecule has 4 heteroatoms. The van der Waals surface area contributed by atoms with Crippen molar-refractivity contribution in [2.24, 2.45) is 9.98 Å². The van der Waals surface area contributed by atoms with Crippen LogP contribution in [0.1, 0.15) is 35.2 Å². The summed E-state index contributed by atoms with van der Waals surface area (Å²) in [6.07, 6.45) is 8.81. The number of allylic oxidation sites excluding steroid dienone is 4. The van der Waals surface area contributed by atoms with Crippen molar-refractivity contribution in [2.75, 3.05) is 0 Å². The molecule has 1 aliphatic carbocycles. The van der Waals surface area contributed by atoms with E-state index >= 15 is 0 Å². The van der Waals surface area contributed by atoms with Crippen LogP contribution in [0.15, 0.2) is 143 Å². The van der Waals surface area contributed by atoms with Gasteiger partial charge in [0, 0.05) is 27.8 Å². The molecule has 40 heavy (non-hydrogen) atoms. The van der Waals surface area contributed by atoms with Crippen LogP contribution in [-0.4, -0.2) is 21.0 Å². The second-order valence-electron chi connectivity index (χ2n) is 10.3. The molecule has 1 spiro atoms. The molecule has 0 saturated heterocycles. The monoisotopic (exact) mass is 514 g/mol. The number of hydrogen-bond donors (Lipinski definition) is 0. The summed E-state index contributed by atoms with van der Waals surface area (Å²) in [5.41, 5.74) is 10.3. The molecule has 5 aromatic rings. The summed E-state index contributed by atoms with van der Waals surface area (Å²) in [7, 11) is 0. The zero-order valence-corrected chi connectivity index (χ0v) is 21.9. The molecule has 3 aliphatic rings. The van der Waals surface area contributed by atoms with E-state index in [9.17, 15) is 0 Å². The van der Waals surface area contributed by atoms with Gasteiger partial charge in [-0.15, -0.1) is 0 Å². The molecule has 0 fully saturated rings. The highest BCUT2D eigenvalue weighted by Gasteiger charge is 2.50. The summed E-state index contributed by atoms with van der Waals surface area (Å²) in [5, 5.41) is 0. The maximum atomic E-state index is 5.57. The van der Waals surface area contributed by atoms with Gasteiger partial charge in [-0.1, -0.05) is 133 Å². The van der Waals surface area contributed by atoms with Gasteiger partial charge in [-0.2, -0.15) is 0 Å². The summed E-state index contributed by atoms with van der Waals surface area (Å²) in [5.74, 6) is -0.101. The predicted molar refractivity (Wildman–Crippen MR) is 162 cm³/mol. The second kappa shape index (κ2) is 8.99. The Morgan fingerprint density at radius 3 is 1.77 bits per heavy atom. The number of fused-ring (bicyclic) bond motifs is 5. The van der Waals surface area contributed by atoms with Gasteiger partial charge in [-0.3, -0.25) is 4.57 Å². The van der Waals surface area contributed by atoms with Crippen LogP contribution in [0.4, 0.5) is 0 Å². The molecule has 0 amide bonds. The number of imidazole rings is 1. The highest BCUT2D eigenvalue weighted by Crippen LogP contribution is 2.52. The van der Waals surface area contributed by atoms with Crippen molar-refractivity contribution in [3.05, 3.63) is 156 Å². The number of rotatable bonds is 4. The average Bonchev–Trinajstić information content (AvgIpc) is 3.70. The lowest BCUT2D eigenvalue weighted by molar-refractivity contribution is 0.427. The summed E-state index contributed by atoms with van der Waals surface area (Å²) in [6.45, 7) is 0. The Labute approximate surface area is 233 Å². The Kier molecular flexibility index (Phi) is 5.14. The molecule has 190 valence electrons. The van der Waals surface area contributed by atoms with Crippen LogP contribution < -0.4 is 0 Å². The first-order valence-corrected chi connectivity index (χ1v) is 13.8. The van der Waals surface area contributed by atoms with Gasteiger partial charge >= 0.3 is 0 Å². The Balaban J connectivity index is 1.49. The molecule has 0 radical (unpaired) electrons. The van der Waals surface area contributed by atoms with Crippen LogP contribution in [0.5, 0.6) is 0 Å². The van der Waals surface area contributed by atoms with Gasteiger partial charge in [0.2, 0.25) is 0 Å². The third-order valence-corrected chi connectivity index (χ3v) is 7.89. The maximum Gasteiger partial charge on any atom is 0.262 e. The van der Waals surface area contributed by atoms with Crippen LogP contribution in [0.25, 0.3) is 28.2 Å². The lowest BCUT2D eigenvalue weighted by Gasteiger charge is -2.24. The number of hydrogen-bond acceptors (Lipinski definition) is 3. The molecular weight excluding hydrogens is 488 g/mol. The van der Waals surface area contributed by atoms with E-state index in [0.717, 1.165) is 74.9 Å². The molecule has 3 heterocycles. The van der Waals surface area contributed by atoms with Crippen molar-refractivity contribution < 1.29 is 0 Å². The molecule has 0 atom stereocenters. The molecule has 0 bridgehead atoms. The van der Waals surface area contributed by atoms with Crippen LogP contribution in [-0.2, 0) is 5.79 Å². The summed E-state index contributed by atoms with van der Waals surface area (Å²) >= 11 is 0. The Morgan fingerprint density at radius 2 is 1.18 bits per heavy atom. The van der Waals surface area contributed by atoms with E-state index in [-0.39, 0.29) is 0 Å². The van der Waals surface area contributed by atoms with Gasteiger partial charge in [-0.05, 0) is 18.4 Å². The quantitative estimate of drug-likeness (QED) is 0.240. The second-order valence-corrected chi connectivity index (χ2v) is 10.3. The first-order chi connectivity index (χ1) is 19.8. The molecule has 0 N–H and O–H groups in total. The van der Waals surface area contributed by atoms with E-state index in [4.69, 9.17) is 15.0 Å². The van der Waals surface area contributed by atoms with Crippen molar-refractivity contribution in [3.8, 4) is 22.6 Å². The van der Waals surface area contributed by atoms with Crippen LogP contribution >= 0.6 is 0 Å². The van der Waals surface area contributed by atoms with Gasteiger partial charge in [0.25, 0.3) is 5.79 Å². The van der Waals surface area contributed by atoms with E-state index in [1.807, 2.05) is 12.1 Å². The highest BCUT2D eigenvalue weighted by molar-refractivity contribution is 6.54. The Morgan fingerprint density at radius 1 is 0.600 bits per heavy atom. The first-order valence-electron chi connectivity index (χ1n) is 13.8. The molecule has 1 aromatic heterocycles. The SMILES string of the molecule is C1=CC(c2nc3n(c2-c2ccccc2)C2(N=C(c4ccccc4)C(c4ccccc4)=N2)c2ccccc2-3)=CCC1. The van der Waals surface area contributed by atoms with E-state index in [1.54, 1.807) is 0 Å². The minimum atomic E-state index is -1.00. The van der Waals surface area contributed by atoms with Gasteiger partial charge in [0.05, 0.1) is 22.8 Å². The number of benzene rings is 4. The van der Waals surface area contributed by atoms with E-state index in [2.05, 4.69) is 126 Å². The summed E-state index contributed by atoms with van der Waals surface area (Å²) in [6, 6.07) is 39.8. The highest BCUT2D eigenvalue weighted by atomic mass is 15.4. The third kappa shape index (κ3) is 3.36. The number of aromatic nitrogens is 2. The fourth-order valence-corrected chi connectivity index (χ4v) is 6.11. The van der Waals surface area contributed by atoms with Crippen LogP contribution in [0.3, 0.4) is 0 Å². The predicted octanol–water partition coefficient (Wildman–Crippen LogP) is 7.91. The first kappa shape index (κ1) is 22.9. The molecule has 0 unspecified atom stereocenters. The standard InChI is InChI=1S/C36H26N4/c1-5-15-25(16-6-1)31-32(26-17-7-2-8-18-26)39-36(38-31)30-24-14-13-23-29(30)35-37-33(27-19-9-3-10-20-27)34(40(35)36)28-21-11-4-12-22-28/h1-2,4-9,11-24H,3,10H2. The summed E-state index contributed by atoms with van der Waals surface area (Å²) in [4.78, 5) is 16.5. The van der Waals surface area contributed by atoms with E-state index < -0.39 is 5.79 Å². The number of nitrogens with zero attached hydrogens (tertiary/aromatic N) is 4. The molecule has 2 aliphatic heterocycles. The van der Waals surface area contributed by atoms with E-state index in [0.29, 0.717) is 0 Å². The van der Waals surface area contributed by atoms with E-state index in [1.165, 1.54) is 0 Å². The van der Waals surface area contributed by atoms with Crippen LogP contribution in [0.2, 0.25) is 0 Å². The average molecular weight is 515 g/mol. The van der Waals surface area contributed by atoms with Crippen molar-refractivity contribution in [1.82, 2.24) is 9.55 Å². The number of aliphatic imine (C=N–C) groups is 2. The Hall–Kier alpha value is -5.09.